The van der Waals surface area contributed by atoms with Gasteiger partial charge in [-0.15, -0.1) is 65.5 Å². The van der Waals surface area contributed by atoms with Gasteiger partial charge in [-0.05, 0) is 51.5 Å². The van der Waals surface area contributed by atoms with Gasteiger partial charge in [0.05, 0.1) is 0 Å². The van der Waals surface area contributed by atoms with Crippen molar-refractivity contribution in [3.63, 3.8) is 0 Å². The molecule has 3 heterocycles. The van der Waals surface area contributed by atoms with Gasteiger partial charge in [-0.3, -0.25) is 0 Å². The molecule has 0 N–H and O–H groups in total. The van der Waals surface area contributed by atoms with E-state index in [9.17, 15) is 0 Å². The first kappa shape index (κ1) is 26.3. The summed E-state index contributed by atoms with van der Waals surface area (Å²) < 4.78 is 22.7. The summed E-state index contributed by atoms with van der Waals surface area (Å²) >= 11 is 0. The molecule has 0 atom stereocenters. The van der Waals surface area contributed by atoms with E-state index in [1.165, 1.54) is 5.39 Å². The van der Waals surface area contributed by atoms with Crippen molar-refractivity contribution in [2.45, 2.75) is 27.1 Å². The van der Waals surface area contributed by atoms with E-state index in [2.05, 4.69) is 58.5 Å². The van der Waals surface area contributed by atoms with Crippen LogP contribution >= 0.6 is 0 Å². The van der Waals surface area contributed by atoms with Crippen LogP contribution in [0.25, 0.3) is 65.6 Å². The Morgan fingerprint density at radius 1 is 0.721 bits per heavy atom. The van der Waals surface area contributed by atoms with E-state index >= 15 is 0 Å². The van der Waals surface area contributed by atoms with Crippen molar-refractivity contribution in [1.29, 1.82) is 0 Å². The normalized spacial score (nSPS) is 12.5. The number of aromatic nitrogens is 2. The van der Waals surface area contributed by atoms with E-state index in [1.807, 2.05) is 93.7 Å². The van der Waals surface area contributed by atoms with E-state index in [1.54, 1.807) is 6.20 Å². The molecule has 0 saturated carbocycles. The van der Waals surface area contributed by atoms with Crippen LogP contribution in [0.2, 0.25) is 0 Å². The number of furan rings is 1. The monoisotopic (exact) mass is 737 g/mol. The van der Waals surface area contributed by atoms with Gasteiger partial charge in [-0.25, -0.2) is 0 Å². The predicted molar refractivity (Wildman–Crippen MR) is 175 cm³/mol. The summed E-state index contributed by atoms with van der Waals surface area (Å²) in [5.74, 6) is 0. The second-order valence-corrected chi connectivity index (χ2v) is 11.4. The molecule has 3 aromatic heterocycles. The fourth-order valence-electron chi connectivity index (χ4n) is 5.56. The van der Waals surface area contributed by atoms with E-state index in [0.717, 1.165) is 60.3 Å². The minimum Gasteiger partial charge on any atom is -0.455 e. The number of pyridine rings is 2. The Hall–Kier alpha value is -4.37. The molecule has 0 aliphatic heterocycles. The van der Waals surface area contributed by atoms with Crippen molar-refractivity contribution >= 4 is 54.4 Å². The third kappa shape index (κ3) is 5.57. The SMILES string of the molecule is [2H]C([2H])(c1ccc(-c2[c-]cccc2)nc1)C(C)(C)C.[Ir].[c-]1cccc2c1c1ncccc1c1c2ccc2c3ccccc3oc21. The van der Waals surface area contributed by atoms with Crippen LogP contribution in [0.5, 0.6) is 0 Å². The van der Waals surface area contributed by atoms with Crippen molar-refractivity contribution in [2.24, 2.45) is 5.41 Å². The second kappa shape index (κ2) is 11.7. The van der Waals surface area contributed by atoms with Crippen LogP contribution in [-0.4, -0.2) is 9.97 Å². The molecule has 0 aliphatic rings. The number of hydrogen-bond acceptors (Lipinski definition) is 3. The van der Waals surface area contributed by atoms with Crippen molar-refractivity contribution in [3.8, 4) is 11.3 Å². The molecule has 0 fully saturated rings. The van der Waals surface area contributed by atoms with Crippen molar-refractivity contribution in [2.75, 3.05) is 0 Å². The van der Waals surface area contributed by atoms with E-state index in [4.69, 9.17) is 7.16 Å². The molecule has 8 aromatic rings. The second-order valence-electron chi connectivity index (χ2n) is 11.4. The fourth-order valence-corrected chi connectivity index (χ4v) is 5.56. The molecule has 0 saturated heterocycles. The van der Waals surface area contributed by atoms with Gasteiger partial charge >= 0.3 is 0 Å². The maximum atomic E-state index is 8.21. The molecule has 1 radical (unpaired) electrons. The Morgan fingerprint density at radius 2 is 1.49 bits per heavy atom. The fraction of sp³-hybridized carbons (Fsp3) is 0.128. The summed E-state index contributed by atoms with van der Waals surface area (Å²) in [4.78, 5) is 9.00. The Bertz CT molecular complexity index is 2250. The summed E-state index contributed by atoms with van der Waals surface area (Å²) in [7, 11) is 0. The van der Waals surface area contributed by atoms with Gasteiger partial charge < -0.3 is 14.4 Å². The Morgan fingerprint density at radius 3 is 2.28 bits per heavy atom. The molecule has 0 spiro atoms. The molecular weight excluding hydrogens is 705 g/mol. The van der Waals surface area contributed by atoms with Gasteiger partial charge in [0, 0.05) is 51.4 Å². The van der Waals surface area contributed by atoms with Gasteiger partial charge in [-0.2, -0.15) is 0 Å². The third-order valence-electron chi connectivity index (χ3n) is 7.27. The van der Waals surface area contributed by atoms with Crippen LogP contribution in [0.15, 0.2) is 120 Å². The molecule has 0 unspecified atom stereocenters. The molecular formula is C39H30IrN2O-2. The largest absolute Gasteiger partial charge is 0.455 e. The molecule has 0 aliphatic carbocycles. The van der Waals surface area contributed by atoms with Crippen LogP contribution in [0, 0.1) is 17.5 Å². The van der Waals surface area contributed by atoms with Crippen LogP contribution in [0.3, 0.4) is 0 Å². The zero-order valence-electron chi connectivity index (χ0n) is 26.1. The summed E-state index contributed by atoms with van der Waals surface area (Å²) in [6.45, 7) is 5.68. The van der Waals surface area contributed by atoms with Crippen LogP contribution < -0.4 is 0 Å². The molecule has 0 bridgehead atoms. The summed E-state index contributed by atoms with van der Waals surface area (Å²) in [5, 5.41) is 7.93. The number of benzene rings is 5. The molecule has 5 aromatic carbocycles. The quantitative estimate of drug-likeness (QED) is 0.131. The predicted octanol–water partition coefficient (Wildman–Crippen LogP) is 10.4. The summed E-state index contributed by atoms with van der Waals surface area (Å²) in [5.41, 5.74) is 4.71. The maximum Gasteiger partial charge on any atom is 0.142 e. The zero-order chi connectivity index (χ0) is 30.5. The standard InChI is InChI=1S/C23H12NO.C16H18N.Ir/c1-2-8-17-14(6-1)16-11-12-18-15-7-3-4-10-20(15)25-23(18)21(16)19-9-5-13-24-22(17)19;1-16(2,3)11-13-9-10-15(17-12-13)14-7-5-4-6-8-14;/h1-7,9-13H;4-7,9-10,12H,11H2,1-3H3;/q2*-1;/i;11D2;. The molecule has 3 nitrogen and oxygen atoms in total. The molecule has 8 rings (SSSR count). The molecule has 43 heavy (non-hydrogen) atoms. The Labute approximate surface area is 267 Å². The smallest absolute Gasteiger partial charge is 0.142 e. The van der Waals surface area contributed by atoms with E-state index in [-0.39, 0.29) is 20.1 Å². The topological polar surface area (TPSA) is 38.9 Å². The number of fused-ring (bicyclic) bond motifs is 10. The van der Waals surface area contributed by atoms with Gasteiger partial charge in [0.2, 0.25) is 0 Å². The van der Waals surface area contributed by atoms with Gasteiger partial charge in [-0.1, -0.05) is 74.7 Å². The third-order valence-corrected chi connectivity index (χ3v) is 7.27. The number of para-hydroxylation sites is 1. The maximum absolute atomic E-state index is 8.21. The number of hydrogen-bond donors (Lipinski definition) is 0. The first-order valence-electron chi connectivity index (χ1n) is 15.1. The van der Waals surface area contributed by atoms with Gasteiger partial charge in [0.1, 0.15) is 11.2 Å². The van der Waals surface area contributed by atoms with E-state index < -0.39 is 11.8 Å². The van der Waals surface area contributed by atoms with Crippen LogP contribution in [0.4, 0.5) is 0 Å². The first-order valence-corrected chi connectivity index (χ1v) is 14.1. The van der Waals surface area contributed by atoms with Crippen molar-refractivity contribution < 1.29 is 27.3 Å². The summed E-state index contributed by atoms with van der Waals surface area (Å²) in [6, 6.07) is 40.6. The molecule has 0 amide bonds. The number of nitrogens with zero attached hydrogens (tertiary/aromatic N) is 2. The van der Waals surface area contributed by atoms with Crippen molar-refractivity contribution in [3.05, 3.63) is 133 Å². The average Bonchev–Trinajstić information content (AvgIpc) is 3.44. The molecule has 4 heteroatoms. The first-order chi connectivity index (χ1) is 21.2. The zero-order valence-corrected chi connectivity index (χ0v) is 26.5. The minimum absolute atomic E-state index is 0. The van der Waals surface area contributed by atoms with E-state index in [0.29, 0.717) is 5.56 Å². The number of rotatable bonds is 2. The Kier molecular flexibility index (Phi) is 7.16. The minimum atomic E-state index is -1.40. The van der Waals surface area contributed by atoms with Crippen LogP contribution in [0.1, 0.15) is 29.1 Å². The van der Waals surface area contributed by atoms with Gasteiger partial charge in [0.15, 0.2) is 0 Å². The van der Waals surface area contributed by atoms with Gasteiger partial charge in [0.25, 0.3) is 0 Å². The van der Waals surface area contributed by atoms with Crippen molar-refractivity contribution in [1.82, 2.24) is 9.97 Å². The summed E-state index contributed by atoms with van der Waals surface area (Å²) in [6.07, 6.45) is 2.06. The average molecular weight is 737 g/mol. The van der Waals surface area contributed by atoms with Crippen LogP contribution in [-0.2, 0) is 26.5 Å². The molecule has 213 valence electrons. The Balaban J connectivity index is 0.000000162.